The molecule has 1 aromatic rings. The van der Waals surface area contributed by atoms with Gasteiger partial charge in [-0.25, -0.2) is 0 Å². The number of aliphatic hydroxyl groups is 1. The van der Waals surface area contributed by atoms with Crippen LogP contribution >= 0.6 is 0 Å². The second-order valence-electron chi connectivity index (χ2n) is 10.8. The molecule has 2 heterocycles. The Labute approximate surface area is 160 Å². The highest BCUT2D eigenvalue weighted by atomic mass is 16.3. The molecule has 1 aliphatic carbocycles. The van der Waals surface area contributed by atoms with E-state index >= 15 is 0 Å². The molecular weight excluding hydrogens is 318 g/mol. The molecule has 0 spiro atoms. The van der Waals surface area contributed by atoms with E-state index in [2.05, 4.69) is 58.7 Å². The third-order valence-corrected chi connectivity index (χ3v) is 8.07. The van der Waals surface area contributed by atoms with Gasteiger partial charge in [0.1, 0.15) is 0 Å². The lowest BCUT2D eigenvalue weighted by Crippen LogP contribution is -2.55. The lowest BCUT2D eigenvalue weighted by Gasteiger charge is -2.51. The van der Waals surface area contributed by atoms with Crippen LogP contribution in [0.5, 0.6) is 0 Å². The van der Waals surface area contributed by atoms with Crippen LogP contribution in [0.25, 0.3) is 0 Å². The van der Waals surface area contributed by atoms with Gasteiger partial charge in [0.2, 0.25) is 0 Å². The quantitative estimate of drug-likeness (QED) is 0.750. The van der Waals surface area contributed by atoms with Crippen LogP contribution in [0.2, 0.25) is 0 Å². The van der Waals surface area contributed by atoms with E-state index in [1.165, 1.54) is 54.4 Å². The number of aryl methyl sites for hydroxylation is 1. The Bertz CT molecular complexity index is 703. The fourth-order valence-corrected chi connectivity index (χ4v) is 6.09. The Morgan fingerprint density at radius 3 is 1.92 bits per heavy atom. The third kappa shape index (κ3) is 2.76. The van der Waals surface area contributed by atoms with E-state index < -0.39 is 5.60 Å². The standard InChI is InChI=1S/C24H37NO/c1-16-12-20-21(23(4,5)11-10-22(20,2)3)13-19(16)24(26)14-17-8-7-9-18(15-24)25(17)6/h12-13,17-18,26H,7-11,14-15H2,1-6H3. The largest absolute Gasteiger partial charge is 0.385 e. The van der Waals surface area contributed by atoms with Crippen molar-refractivity contribution < 1.29 is 5.11 Å². The van der Waals surface area contributed by atoms with E-state index in [-0.39, 0.29) is 10.8 Å². The molecule has 0 radical (unpaired) electrons. The Kier molecular flexibility index (Phi) is 4.14. The Morgan fingerprint density at radius 2 is 1.38 bits per heavy atom. The summed E-state index contributed by atoms with van der Waals surface area (Å²) in [5.41, 5.74) is 5.27. The molecule has 2 saturated heterocycles. The molecular formula is C24H37NO. The fraction of sp³-hybridized carbons (Fsp3) is 0.750. The summed E-state index contributed by atoms with van der Waals surface area (Å²) in [7, 11) is 2.26. The second kappa shape index (κ2) is 5.82. The van der Waals surface area contributed by atoms with E-state index in [0.717, 1.165) is 12.8 Å². The van der Waals surface area contributed by atoms with Gasteiger partial charge in [0.15, 0.2) is 0 Å². The minimum Gasteiger partial charge on any atom is -0.385 e. The molecule has 26 heavy (non-hydrogen) atoms. The van der Waals surface area contributed by atoms with E-state index in [4.69, 9.17) is 0 Å². The van der Waals surface area contributed by atoms with Gasteiger partial charge in [0.25, 0.3) is 0 Å². The van der Waals surface area contributed by atoms with E-state index in [9.17, 15) is 5.11 Å². The second-order valence-corrected chi connectivity index (χ2v) is 10.8. The number of fused-ring (bicyclic) bond motifs is 3. The van der Waals surface area contributed by atoms with Crippen molar-refractivity contribution in [2.75, 3.05) is 7.05 Å². The summed E-state index contributed by atoms with van der Waals surface area (Å²) < 4.78 is 0. The van der Waals surface area contributed by atoms with Crippen molar-refractivity contribution >= 4 is 0 Å². The Balaban J connectivity index is 1.81. The first-order valence-corrected chi connectivity index (χ1v) is 10.6. The number of rotatable bonds is 1. The smallest absolute Gasteiger partial charge is 0.0929 e. The van der Waals surface area contributed by atoms with Crippen molar-refractivity contribution in [2.24, 2.45) is 0 Å². The van der Waals surface area contributed by atoms with Gasteiger partial charge in [-0.1, -0.05) is 46.2 Å². The van der Waals surface area contributed by atoms with Crippen LogP contribution in [0.15, 0.2) is 12.1 Å². The molecule has 2 aliphatic heterocycles. The molecule has 0 saturated carbocycles. The highest BCUT2D eigenvalue weighted by Gasteiger charge is 2.46. The topological polar surface area (TPSA) is 23.5 Å². The predicted octanol–water partition coefficient (Wildman–Crippen LogP) is 5.18. The Hall–Kier alpha value is -0.860. The predicted molar refractivity (Wildman–Crippen MR) is 109 cm³/mol. The minimum atomic E-state index is -0.654. The van der Waals surface area contributed by atoms with Crippen LogP contribution in [0, 0.1) is 6.92 Å². The first kappa shape index (κ1) is 18.5. The molecule has 4 rings (SSSR count). The SMILES string of the molecule is Cc1cc2c(cc1C1(O)CC3CCCC(C1)N3C)C(C)(C)CCC2(C)C. The van der Waals surface area contributed by atoms with Crippen LogP contribution in [0.4, 0.5) is 0 Å². The van der Waals surface area contributed by atoms with Gasteiger partial charge < -0.3 is 10.0 Å². The third-order valence-electron chi connectivity index (χ3n) is 8.07. The van der Waals surface area contributed by atoms with Crippen LogP contribution in [-0.2, 0) is 16.4 Å². The maximum absolute atomic E-state index is 11.8. The van der Waals surface area contributed by atoms with E-state index in [1.54, 1.807) is 0 Å². The number of nitrogens with zero attached hydrogens (tertiary/aromatic N) is 1. The molecule has 2 fully saturated rings. The van der Waals surface area contributed by atoms with Crippen molar-refractivity contribution in [1.82, 2.24) is 4.90 Å². The van der Waals surface area contributed by atoms with Gasteiger partial charge in [-0.15, -0.1) is 0 Å². The first-order chi connectivity index (χ1) is 12.0. The molecule has 1 aromatic carbocycles. The number of piperidine rings is 2. The van der Waals surface area contributed by atoms with Gasteiger partial charge in [0.05, 0.1) is 5.60 Å². The maximum Gasteiger partial charge on any atom is 0.0929 e. The molecule has 3 aliphatic rings. The van der Waals surface area contributed by atoms with Gasteiger partial charge in [-0.05, 0) is 85.6 Å². The fourth-order valence-electron chi connectivity index (χ4n) is 6.09. The van der Waals surface area contributed by atoms with Crippen molar-refractivity contribution in [1.29, 1.82) is 0 Å². The molecule has 2 nitrogen and oxygen atoms in total. The number of hydrogen-bond acceptors (Lipinski definition) is 2. The van der Waals surface area contributed by atoms with Crippen molar-refractivity contribution in [3.63, 3.8) is 0 Å². The van der Waals surface area contributed by atoms with Crippen LogP contribution in [0.1, 0.15) is 94.9 Å². The maximum atomic E-state index is 11.8. The molecule has 2 heteroatoms. The van der Waals surface area contributed by atoms with E-state index in [0.29, 0.717) is 12.1 Å². The van der Waals surface area contributed by atoms with Crippen LogP contribution in [-0.4, -0.2) is 29.1 Å². The van der Waals surface area contributed by atoms with Crippen molar-refractivity contribution in [3.05, 3.63) is 34.4 Å². The first-order valence-electron chi connectivity index (χ1n) is 10.6. The zero-order valence-electron chi connectivity index (χ0n) is 17.7. The summed E-state index contributed by atoms with van der Waals surface area (Å²) in [5, 5.41) is 11.8. The van der Waals surface area contributed by atoms with Crippen LogP contribution < -0.4 is 0 Å². The summed E-state index contributed by atoms with van der Waals surface area (Å²) in [6.07, 6.45) is 8.04. The molecule has 2 unspecified atom stereocenters. The highest BCUT2D eigenvalue weighted by Crippen LogP contribution is 2.50. The van der Waals surface area contributed by atoms with Gasteiger partial charge >= 0.3 is 0 Å². The summed E-state index contributed by atoms with van der Waals surface area (Å²) in [4.78, 5) is 2.54. The van der Waals surface area contributed by atoms with Crippen molar-refractivity contribution in [2.45, 2.75) is 108 Å². The van der Waals surface area contributed by atoms with Gasteiger partial charge in [-0.3, -0.25) is 0 Å². The summed E-state index contributed by atoms with van der Waals surface area (Å²) in [6, 6.07) is 5.89. The molecule has 144 valence electrons. The molecule has 0 aromatic heterocycles. The molecule has 0 amide bonds. The highest BCUT2D eigenvalue weighted by molar-refractivity contribution is 5.49. The minimum absolute atomic E-state index is 0.199. The average Bonchev–Trinajstić information content (AvgIpc) is 2.53. The summed E-state index contributed by atoms with van der Waals surface area (Å²) in [5.74, 6) is 0. The van der Waals surface area contributed by atoms with Crippen molar-refractivity contribution in [3.8, 4) is 0 Å². The monoisotopic (exact) mass is 355 g/mol. The zero-order chi connectivity index (χ0) is 18.9. The van der Waals surface area contributed by atoms with Crippen LogP contribution in [0.3, 0.4) is 0 Å². The average molecular weight is 356 g/mol. The number of hydrogen-bond donors (Lipinski definition) is 1. The summed E-state index contributed by atoms with van der Waals surface area (Å²) in [6.45, 7) is 11.8. The molecule has 2 atom stereocenters. The molecule has 1 N–H and O–H groups in total. The lowest BCUT2D eigenvalue weighted by molar-refractivity contribution is -0.0878. The molecule has 2 bridgehead atoms. The van der Waals surface area contributed by atoms with E-state index in [1.807, 2.05) is 0 Å². The van der Waals surface area contributed by atoms with Gasteiger partial charge in [-0.2, -0.15) is 0 Å². The summed E-state index contributed by atoms with van der Waals surface area (Å²) >= 11 is 0. The lowest BCUT2D eigenvalue weighted by atomic mass is 9.61. The zero-order valence-corrected chi connectivity index (χ0v) is 17.7. The number of benzene rings is 1. The Morgan fingerprint density at radius 1 is 0.885 bits per heavy atom. The normalized spacial score (nSPS) is 35.8. The van der Waals surface area contributed by atoms with Gasteiger partial charge in [0, 0.05) is 12.1 Å².